The van der Waals surface area contributed by atoms with E-state index in [-0.39, 0.29) is 18.0 Å². The lowest BCUT2D eigenvalue weighted by Gasteiger charge is -2.18. The smallest absolute Gasteiger partial charge is 0.339 e. The molecule has 0 spiro atoms. The maximum atomic E-state index is 12.2. The largest absolute Gasteiger partial charge is 0.484 e. The van der Waals surface area contributed by atoms with Crippen molar-refractivity contribution in [2.24, 2.45) is 5.41 Å². The third-order valence-corrected chi connectivity index (χ3v) is 4.77. The second-order valence-electron chi connectivity index (χ2n) is 7.29. The number of ether oxygens (including phenoxy) is 1. The number of ketones is 1. The molecule has 4 nitrogen and oxygen atoms in total. The van der Waals surface area contributed by atoms with Crippen molar-refractivity contribution in [3.8, 4) is 5.75 Å². The third kappa shape index (κ3) is 3.20. The molecule has 1 aromatic carbocycles. The predicted octanol–water partition coefficient (Wildman–Crippen LogP) is 4.32. The maximum absolute atomic E-state index is 12.2. The van der Waals surface area contributed by atoms with Crippen LogP contribution in [0, 0.1) is 5.41 Å². The number of hydrogen-bond acceptors (Lipinski definition) is 4. The van der Waals surface area contributed by atoms with Gasteiger partial charge in [0.05, 0.1) is 5.02 Å². The van der Waals surface area contributed by atoms with Gasteiger partial charge in [0.15, 0.2) is 5.78 Å². The zero-order valence-electron chi connectivity index (χ0n) is 14.2. The van der Waals surface area contributed by atoms with Crippen molar-refractivity contribution < 1.29 is 13.9 Å². The molecule has 24 heavy (non-hydrogen) atoms. The van der Waals surface area contributed by atoms with Crippen molar-refractivity contribution in [1.29, 1.82) is 0 Å². The molecule has 0 saturated heterocycles. The molecule has 0 saturated carbocycles. The standard InChI is InChI=1S/C19H21ClO4/c1-19(2,3)17(21)10-23-16-9-15-13(8-14(16)20)11-6-4-5-7-12(11)18(22)24-15/h8-9H,4-7,10H2,1-3H3. The molecule has 0 aliphatic heterocycles. The van der Waals surface area contributed by atoms with Crippen LogP contribution < -0.4 is 10.4 Å². The molecule has 0 radical (unpaired) electrons. The van der Waals surface area contributed by atoms with Gasteiger partial charge in [0.25, 0.3) is 0 Å². The highest BCUT2D eigenvalue weighted by atomic mass is 35.5. The lowest BCUT2D eigenvalue weighted by atomic mass is 9.90. The summed E-state index contributed by atoms with van der Waals surface area (Å²) in [7, 11) is 0. The van der Waals surface area contributed by atoms with Crippen molar-refractivity contribution in [3.63, 3.8) is 0 Å². The lowest BCUT2D eigenvalue weighted by molar-refractivity contribution is -0.128. The molecule has 0 bridgehead atoms. The highest BCUT2D eigenvalue weighted by Crippen LogP contribution is 2.34. The van der Waals surface area contributed by atoms with Crippen LogP contribution in [0.15, 0.2) is 21.3 Å². The van der Waals surface area contributed by atoms with Gasteiger partial charge in [-0.05, 0) is 37.3 Å². The Kier molecular flexibility index (Phi) is 4.43. The van der Waals surface area contributed by atoms with E-state index in [4.69, 9.17) is 20.8 Å². The Morgan fingerprint density at radius 1 is 1.21 bits per heavy atom. The minimum Gasteiger partial charge on any atom is -0.484 e. The topological polar surface area (TPSA) is 56.5 Å². The van der Waals surface area contributed by atoms with Crippen molar-refractivity contribution >= 4 is 28.4 Å². The van der Waals surface area contributed by atoms with Crippen molar-refractivity contribution in [2.75, 3.05) is 6.61 Å². The highest BCUT2D eigenvalue weighted by molar-refractivity contribution is 6.32. The van der Waals surface area contributed by atoms with Crippen LogP contribution in [-0.2, 0) is 17.6 Å². The number of aryl methyl sites for hydroxylation is 1. The number of benzene rings is 1. The van der Waals surface area contributed by atoms with Crippen LogP contribution in [0.2, 0.25) is 5.02 Å². The molecule has 1 heterocycles. The number of hydrogen-bond donors (Lipinski definition) is 0. The number of carbonyl (C=O) groups excluding carboxylic acids is 1. The molecule has 1 aliphatic carbocycles. The van der Waals surface area contributed by atoms with Crippen molar-refractivity contribution in [2.45, 2.75) is 46.5 Å². The van der Waals surface area contributed by atoms with E-state index >= 15 is 0 Å². The molecule has 0 N–H and O–H groups in total. The minimum atomic E-state index is -0.477. The van der Waals surface area contributed by atoms with Gasteiger partial charge >= 0.3 is 5.63 Å². The first-order valence-electron chi connectivity index (χ1n) is 8.21. The third-order valence-electron chi connectivity index (χ3n) is 4.47. The first-order valence-corrected chi connectivity index (χ1v) is 8.59. The zero-order valence-corrected chi connectivity index (χ0v) is 15.0. The normalized spacial score (nSPS) is 14.5. The Morgan fingerprint density at radius 2 is 1.88 bits per heavy atom. The molecule has 128 valence electrons. The van der Waals surface area contributed by atoms with Gasteiger partial charge in [-0.2, -0.15) is 0 Å². The van der Waals surface area contributed by atoms with E-state index in [2.05, 4.69) is 0 Å². The summed E-state index contributed by atoms with van der Waals surface area (Å²) in [4.78, 5) is 24.2. The average Bonchev–Trinajstić information content (AvgIpc) is 2.53. The molecular weight excluding hydrogens is 328 g/mol. The van der Waals surface area contributed by atoms with Gasteiger partial charge in [0.2, 0.25) is 0 Å². The van der Waals surface area contributed by atoms with Gasteiger partial charge < -0.3 is 9.15 Å². The van der Waals surface area contributed by atoms with Gasteiger partial charge in [-0.15, -0.1) is 0 Å². The number of carbonyl (C=O) groups is 1. The summed E-state index contributed by atoms with van der Waals surface area (Å²) in [5.74, 6) is 0.339. The first kappa shape index (κ1) is 17.0. The monoisotopic (exact) mass is 348 g/mol. The summed E-state index contributed by atoms with van der Waals surface area (Å²) < 4.78 is 11.0. The summed E-state index contributed by atoms with van der Waals surface area (Å²) >= 11 is 6.33. The van der Waals surface area contributed by atoms with Crippen molar-refractivity contribution in [1.82, 2.24) is 0 Å². The Labute approximate surface area is 145 Å². The average molecular weight is 349 g/mol. The molecule has 0 fully saturated rings. The van der Waals surface area contributed by atoms with Crippen LogP contribution >= 0.6 is 11.6 Å². The molecule has 5 heteroatoms. The van der Waals surface area contributed by atoms with E-state index in [0.29, 0.717) is 16.4 Å². The second kappa shape index (κ2) is 6.25. The molecular formula is C19H21ClO4. The summed E-state index contributed by atoms with van der Waals surface area (Å²) in [6.07, 6.45) is 3.68. The van der Waals surface area contributed by atoms with Crippen LogP contribution in [-0.4, -0.2) is 12.4 Å². The molecule has 0 amide bonds. The minimum absolute atomic E-state index is 0.0226. The van der Waals surface area contributed by atoms with E-state index in [1.807, 2.05) is 20.8 Å². The van der Waals surface area contributed by atoms with Crippen LogP contribution in [0.25, 0.3) is 11.0 Å². The molecule has 1 aromatic heterocycles. The van der Waals surface area contributed by atoms with E-state index in [9.17, 15) is 9.59 Å². The summed E-state index contributed by atoms with van der Waals surface area (Å²) in [6, 6.07) is 3.39. The lowest BCUT2D eigenvalue weighted by Crippen LogP contribution is -2.26. The fraction of sp³-hybridized carbons (Fsp3) is 0.474. The van der Waals surface area contributed by atoms with Crippen LogP contribution in [0.1, 0.15) is 44.7 Å². The molecule has 3 rings (SSSR count). The number of rotatable bonds is 3. The molecule has 0 unspecified atom stereocenters. The molecule has 2 aromatic rings. The number of Topliss-reactive ketones (excluding diaryl/α,β-unsaturated/α-hetero) is 1. The van der Waals surface area contributed by atoms with E-state index in [0.717, 1.165) is 42.2 Å². The maximum Gasteiger partial charge on any atom is 0.339 e. The zero-order chi connectivity index (χ0) is 17.5. The van der Waals surface area contributed by atoms with Crippen molar-refractivity contribution in [3.05, 3.63) is 38.7 Å². The van der Waals surface area contributed by atoms with Gasteiger partial charge in [0.1, 0.15) is 17.9 Å². The van der Waals surface area contributed by atoms with Gasteiger partial charge in [-0.1, -0.05) is 32.4 Å². The quantitative estimate of drug-likeness (QED) is 0.775. The molecule has 0 atom stereocenters. The van der Waals surface area contributed by atoms with E-state index in [1.165, 1.54) is 0 Å². The fourth-order valence-electron chi connectivity index (χ4n) is 2.91. The Bertz CT molecular complexity index is 858. The predicted molar refractivity (Wildman–Crippen MR) is 94.1 cm³/mol. The molecule has 1 aliphatic rings. The Hall–Kier alpha value is -1.81. The summed E-state index contributed by atoms with van der Waals surface area (Å²) in [5, 5.41) is 1.29. The van der Waals surface area contributed by atoms with Gasteiger partial charge in [0, 0.05) is 22.4 Å². The Morgan fingerprint density at radius 3 is 2.54 bits per heavy atom. The number of halogens is 1. The highest BCUT2D eigenvalue weighted by Gasteiger charge is 2.23. The van der Waals surface area contributed by atoms with Gasteiger partial charge in [-0.3, -0.25) is 4.79 Å². The number of fused-ring (bicyclic) bond motifs is 3. The van der Waals surface area contributed by atoms with E-state index < -0.39 is 5.41 Å². The van der Waals surface area contributed by atoms with Gasteiger partial charge in [-0.25, -0.2) is 4.79 Å². The fourth-order valence-corrected chi connectivity index (χ4v) is 3.13. The van der Waals surface area contributed by atoms with E-state index in [1.54, 1.807) is 12.1 Å². The second-order valence-corrected chi connectivity index (χ2v) is 7.70. The van der Waals surface area contributed by atoms with Crippen LogP contribution in [0.5, 0.6) is 5.75 Å². The summed E-state index contributed by atoms with van der Waals surface area (Å²) in [5.41, 5.74) is 1.50. The van der Waals surface area contributed by atoms with Crippen LogP contribution in [0.3, 0.4) is 0 Å². The Balaban J connectivity index is 1.99. The summed E-state index contributed by atoms with van der Waals surface area (Å²) in [6.45, 7) is 5.45. The SMILES string of the molecule is CC(C)(C)C(=O)COc1cc2oc(=O)c3c(c2cc1Cl)CCCC3. The van der Waals surface area contributed by atoms with Crippen LogP contribution in [0.4, 0.5) is 0 Å². The first-order chi connectivity index (χ1) is 11.3.